The van der Waals surface area contributed by atoms with Crippen LogP contribution in [0.25, 0.3) is 0 Å². The van der Waals surface area contributed by atoms with Gasteiger partial charge in [-0.15, -0.1) is 0 Å². The zero-order valence-corrected chi connectivity index (χ0v) is 13.8. The van der Waals surface area contributed by atoms with Gasteiger partial charge in [0, 0.05) is 28.5 Å². The van der Waals surface area contributed by atoms with E-state index in [1.165, 1.54) is 6.92 Å². The molecule has 0 bridgehead atoms. The molecule has 0 heterocycles. The van der Waals surface area contributed by atoms with Crippen LogP contribution in [0.1, 0.15) is 40.5 Å². The minimum absolute atomic E-state index is 0.0261. The minimum atomic E-state index is -0.397. The zero-order chi connectivity index (χ0) is 17.8. The van der Waals surface area contributed by atoms with Crippen molar-refractivity contribution in [2.45, 2.75) is 25.8 Å². The lowest BCUT2D eigenvalue weighted by molar-refractivity contribution is 0.0950. The zero-order valence-electron chi connectivity index (χ0n) is 13.8. The molecule has 0 radical (unpaired) electrons. The highest BCUT2D eigenvalue weighted by Crippen LogP contribution is 2.19. The molecule has 3 rings (SSSR count). The maximum absolute atomic E-state index is 12.0. The predicted octanol–water partition coefficient (Wildman–Crippen LogP) is 3.43. The molecule has 0 atom stereocenters. The summed E-state index contributed by atoms with van der Waals surface area (Å²) in [7, 11) is 0. The molecule has 0 unspecified atom stereocenters. The summed E-state index contributed by atoms with van der Waals surface area (Å²) in [5, 5.41) is 8.30. The van der Waals surface area contributed by atoms with Crippen molar-refractivity contribution in [3.63, 3.8) is 0 Å². The number of anilines is 2. The number of urea groups is 1. The minimum Gasteiger partial charge on any atom is -0.349 e. The van der Waals surface area contributed by atoms with Crippen molar-refractivity contribution in [3.05, 3.63) is 59.7 Å². The standard InChI is InChI=1S/C19H19N3O3/c1-12(23)13-2-6-16(7-3-13)21-19(25)22-17-8-4-14(5-9-17)18(24)20-15-10-11-15/h2-9,15H,10-11H2,1H3,(H,20,24)(H2,21,22,25). The second kappa shape index (κ2) is 7.17. The lowest BCUT2D eigenvalue weighted by atomic mass is 10.1. The Morgan fingerprint density at radius 3 is 1.72 bits per heavy atom. The Morgan fingerprint density at radius 2 is 1.28 bits per heavy atom. The van der Waals surface area contributed by atoms with Crippen molar-refractivity contribution in [2.75, 3.05) is 10.6 Å². The summed E-state index contributed by atoms with van der Waals surface area (Å²) in [5.74, 6) is -0.120. The van der Waals surface area contributed by atoms with E-state index in [9.17, 15) is 14.4 Å². The second-order valence-corrected chi connectivity index (χ2v) is 6.04. The van der Waals surface area contributed by atoms with Gasteiger partial charge in [0.15, 0.2) is 5.78 Å². The molecule has 0 saturated heterocycles. The van der Waals surface area contributed by atoms with Crippen molar-refractivity contribution in [1.82, 2.24) is 5.32 Å². The van der Waals surface area contributed by atoms with Crippen LogP contribution in [0.2, 0.25) is 0 Å². The number of hydrogen-bond donors (Lipinski definition) is 3. The molecule has 3 N–H and O–H groups in total. The van der Waals surface area contributed by atoms with Crippen molar-refractivity contribution in [1.29, 1.82) is 0 Å². The Labute approximate surface area is 145 Å². The topological polar surface area (TPSA) is 87.3 Å². The fraction of sp³-hybridized carbons (Fsp3) is 0.211. The van der Waals surface area contributed by atoms with Gasteiger partial charge in [-0.3, -0.25) is 9.59 Å². The molecule has 1 aliphatic carbocycles. The number of Topliss-reactive ketones (excluding diaryl/α,β-unsaturated/α-hetero) is 1. The molecule has 0 spiro atoms. The molecular formula is C19H19N3O3. The number of amides is 3. The molecule has 3 amide bonds. The molecule has 2 aromatic rings. The summed E-state index contributed by atoms with van der Waals surface area (Å²) >= 11 is 0. The number of carbonyl (C=O) groups is 3. The van der Waals surface area contributed by atoms with Crippen LogP contribution in [0.15, 0.2) is 48.5 Å². The van der Waals surface area contributed by atoms with Gasteiger partial charge in [0.1, 0.15) is 0 Å². The van der Waals surface area contributed by atoms with Gasteiger partial charge in [0.05, 0.1) is 0 Å². The lowest BCUT2D eigenvalue weighted by Gasteiger charge is -2.09. The van der Waals surface area contributed by atoms with Gasteiger partial charge in [-0.1, -0.05) is 0 Å². The summed E-state index contributed by atoms with van der Waals surface area (Å²) in [6.45, 7) is 1.49. The quantitative estimate of drug-likeness (QED) is 0.731. The van der Waals surface area contributed by atoms with Crippen LogP contribution in [0.5, 0.6) is 0 Å². The third-order valence-corrected chi connectivity index (χ3v) is 3.87. The Bertz CT molecular complexity index is 794. The molecule has 1 fully saturated rings. The molecule has 6 heteroatoms. The summed E-state index contributed by atoms with van der Waals surface area (Å²) in [6.07, 6.45) is 2.08. The monoisotopic (exact) mass is 337 g/mol. The molecule has 128 valence electrons. The third-order valence-electron chi connectivity index (χ3n) is 3.87. The maximum atomic E-state index is 12.0. The van der Waals surface area contributed by atoms with Crippen LogP contribution in [0.3, 0.4) is 0 Å². The largest absolute Gasteiger partial charge is 0.349 e. The van der Waals surface area contributed by atoms with Crippen molar-refractivity contribution >= 4 is 29.1 Å². The fourth-order valence-electron chi connectivity index (χ4n) is 2.28. The Hall–Kier alpha value is -3.15. The summed E-state index contributed by atoms with van der Waals surface area (Å²) in [5.41, 5.74) is 2.33. The molecule has 0 aromatic heterocycles. The first kappa shape index (κ1) is 16.7. The Morgan fingerprint density at radius 1 is 0.800 bits per heavy atom. The number of rotatable bonds is 5. The predicted molar refractivity (Wildman–Crippen MR) is 96.0 cm³/mol. The second-order valence-electron chi connectivity index (χ2n) is 6.04. The number of hydrogen-bond acceptors (Lipinski definition) is 3. The van der Waals surface area contributed by atoms with E-state index < -0.39 is 6.03 Å². The highest BCUT2D eigenvalue weighted by Gasteiger charge is 2.23. The SMILES string of the molecule is CC(=O)c1ccc(NC(=O)Nc2ccc(C(=O)NC3CC3)cc2)cc1. The summed E-state index contributed by atoms with van der Waals surface area (Å²) in [6, 6.07) is 13.3. The normalized spacial score (nSPS) is 13.0. The van der Waals surface area contributed by atoms with Crippen LogP contribution < -0.4 is 16.0 Å². The van der Waals surface area contributed by atoms with Gasteiger partial charge in [0.25, 0.3) is 5.91 Å². The van der Waals surface area contributed by atoms with Gasteiger partial charge in [-0.25, -0.2) is 4.79 Å². The number of nitrogens with one attached hydrogen (secondary N) is 3. The highest BCUT2D eigenvalue weighted by molar-refractivity contribution is 6.01. The van der Waals surface area contributed by atoms with Crippen LogP contribution in [0.4, 0.5) is 16.2 Å². The average molecular weight is 337 g/mol. The van der Waals surface area contributed by atoms with Crippen molar-refractivity contribution in [2.24, 2.45) is 0 Å². The molecule has 6 nitrogen and oxygen atoms in total. The molecule has 2 aromatic carbocycles. The van der Waals surface area contributed by atoms with Crippen LogP contribution in [-0.4, -0.2) is 23.8 Å². The van der Waals surface area contributed by atoms with Gasteiger partial charge < -0.3 is 16.0 Å². The van der Waals surface area contributed by atoms with E-state index in [1.54, 1.807) is 48.5 Å². The molecule has 1 saturated carbocycles. The third kappa shape index (κ3) is 4.67. The first-order chi connectivity index (χ1) is 12.0. The van der Waals surface area contributed by atoms with E-state index >= 15 is 0 Å². The van der Waals surface area contributed by atoms with E-state index in [1.807, 2.05) is 0 Å². The van der Waals surface area contributed by atoms with Crippen molar-refractivity contribution in [3.8, 4) is 0 Å². The average Bonchev–Trinajstić information content (AvgIpc) is 3.40. The van der Waals surface area contributed by atoms with E-state index in [2.05, 4.69) is 16.0 Å². The smallest absolute Gasteiger partial charge is 0.323 e. The van der Waals surface area contributed by atoms with Crippen LogP contribution in [-0.2, 0) is 0 Å². The highest BCUT2D eigenvalue weighted by atomic mass is 16.2. The Kier molecular flexibility index (Phi) is 4.79. The van der Waals surface area contributed by atoms with Gasteiger partial charge >= 0.3 is 6.03 Å². The van der Waals surface area contributed by atoms with E-state index in [4.69, 9.17) is 0 Å². The van der Waals surface area contributed by atoms with E-state index in [-0.39, 0.29) is 11.7 Å². The Balaban J connectivity index is 1.55. The summed E-state index contributed by atoms with van der Waals surface area (Å²) < 4.78 is 0. The van der Waals surface area contributed by atoms with Crippen LogP contribution >= 0.6 is 0 Å². The van der Waals surface area contributed by atoms with Crippen molar-refractivity contribution < 1.29 is 14.4 Å². The van der Waals surface area contributed by atoms with Gasteiger partial charge in [-0.05, 0) is 68.3 Å². The van der Waals surface area contributed by atoms with Gasteiger partial charge in [0.2, 0.25) is 0 Å². The number of benzene rings is 2. The van der Waals surface area contributed by atoms with E-state index in [0.29, 0.717) is 28.5 Å². The first-order valence-electron chi connectivity index (χ1n) is 8.11. The number of carbonyl (C=O) groups excluding carboxylic acids is 3. The van der Waals surface area contributed by atoms with Crippen LogP contribution in [0, 0.1) is 0 Å². The molecular weight excluding hydrogens is 318 g/mol. The molecule has 0 aliphatic heterocycles. The van der Waals surface area contributed by atoms with E-state index in [0.717, 1.165) is 12.8 Å². The fourth-order valence-corrected chi connectivity index (χ4v) is 2.28. The first-order valence-corrected chi connectivity index (χ1v) is 8.11. The molecule has 1 aliphatic rings. The molecule has 25 heavy (non-hydrogen) atoms. The number of ketones is 1. The van der Waals surface area contributed by atoms with Gasteiger partial charge in [-0.2, -0.15) is 0 Å². The lowest BCUT2D eigenvalue weighted by Crippen LogP contribution is -2.25. The maximum Gasteiger partial charge on any atom is 0.323 e. The summed E-state index contributed by atoms with van der Waals surface area (Å²) in [4.78, 5) is 35.1.